The molecular formula is C12H13BrN2O. The van der Waals surface area contributed by atoms with E-state index in [1.165, 1.54) is 0 Å². The van der Waals surface area contributed by atoms with E-state index in [1.807, 2.05) is 47.4 Å². The number of halogens is 1. The fourth-order valence-electron chi connectivity index (χ4n) is 1.43. The third kappa shape index (κ3) is 2.58. The van der Waals surface area contributed by atoms with Gasteiger partial charge in [0.15, 0.2) is 0 Å². The lowest BCUT2D eigenvalue weighted by Gasteiger charge is -2.10. The molecule has 0 saturated heterocycles. The summed E-state index contributed by atoms with van der Waals surface area (Å²) >= 11 is 3.52. The zero-order valence-electron chi connectivity index (χ0n) is 8.98. The molecule has 1 N–H and O–H groups in total. The standard InChI is InChI=1S/C12H13BrN2O/c1-16-11-4-5-12(13)10(8-11)9-14-15-6-2-3-7-15/h2-8,14H,9H2,1H3. The average molecular weight is 281 g/mol. The van der Waals surface area contributed by atoms with Gasteiger partial charge < -0.3 is 10.2 Å². The molecule has 1 aromatic carbocycles. The van der Waals surface area contributed by atoms with E-state index in [4.69, 9.17) is 4.74 Å². The molecule has 0 atom stereocenters. The van der Waals surface area contributed by atoms with E-state index in [0.29, 0.717) is 0 Å². The summed E-state index contributed by atoms with van der Waals surface area (Å²) in [6, 6.07) is 9.90. The van der Waals surface area contributed by atoms with Gasteiger partial charge in [0.1, 0.15) is 5.75 Å². The molecule has 4 heteroatoms. The van der Waals surface area contributed by atoms with Crippen LogP contribution in [-0.2, 0) is 6.54 Å². The van der Waals surface area contributed by atoms with Crippen molar-refractivity contribution in [2.24, 2.45) is 0 Å². The summed E-state index contributed by atoms with van der Waals surface area (Å²) in [4.78, 5) is 0. The second-order valence-electron chi connectivity index (χ2n) is 3.38. The third-order valence-electron chi connectivity index (χ3n) is 2.31. The topological polar surface area (TPSA) is 26.2 Å². The van der Waals surface area contributed by atoms with Crippen LogP contribution in [0.4, 0.5) is 0 Å². The normalized spacial score (nSPS) is 10.1. The van der Waals surface area contributed by atoms with Crippen LogP contribution in [-0.4, -0.2) is 11.8 Å². The van der Waals surface area contributed by atoms with E-state index < -0.39 is 0 Å². The van der Waals surface area contributed by atoms with Crippen LogP contribution >= 0.6 is 15.9 Å². The predicted molar refractivity (Wildman–Crippen MR) is 68.2 cm³/mol. The van der Waals surface area contributed by atoms with Crippen LogP contribution in [0.1, 0.15) is 5.56 Å². The molecule has 1 heterocycles. The summed E-state index contributed by atoms with van der Waals surface area (Å²) in [7, 11) is 1.67. The van der Waals surface area contributed by atoms with Gasteiger partial charge in [-0.3, -0.25) is 4.68 Å². The number of hydrogen-bond donors (Lipinski definition) is 1. The molecule has 0 radical (unpaired) electrons. The van der Waals surface area contributed by atoms with Crippen LogP contribution in [0.3, 0.4) is 0 Å². The van der Waals surface area contributed by atoms with Crippen LogP contribution in [0.15, 0.2) is 47.2 Å². The molecular weight excluding hydrogens is 268 g/mol. The highest BCUT2D eigenvalue weighted by Gasteiger charge is 2.01. The first kappa shape index (κ1) is 11.1. The molecule has 0 aliphatic heterocycles. The second-order valence-corrected chi connectivity index (χ2v) is 4.24. The SMILES string of the molecule is COc1ccc(Br)c(CNn2cccc2)c1. The lowest BCUT2D eigenvalue weighted by molar-refractivity contribution is 0.414. The average Bonchev–Trinajstić information content (AvgIpc) is 2.81. The van der Waals surface area contributed by atoms with Crippen molar-refractivity contribution in [2.45, 2.75) is 6.54 Å². The third-order valence-corrected chi connectivity index (χ3v) is 3.08. The van der Waals surface area contributed by atoms with E-state index >= 15 is 0 Å². The first-order chi connectivity index (χ1) is 7.79. The van der Waals surface area contributed by atoms with E-state index in [-0.39, 0.29) is 0 Å². The van der Waals surface area contributed by atoms with Crippen LogP contribution in [0.5, 0.6) is 5.75 Å². The summed E-state index contributed by atoms with van der Waals surface area (Å²) in [5, 5.41) is 0. The smallest absolute Gasteiger partial charge is 0.119 e. The lowest BCUT2D eigenvalue weighted by Crippen LogP contribution is -2.12. The molecule has 0 aliphatic carbocycles. The summed E-state index contributed by atoms with van der Waals surface area (Å²) in [5.41, 5.74) is 4.42. The number of rotatable bonds is 4. The molecule has 0 saturated carbocycles. The highest BCUT2D eigenvalue weighted by molar-refractivity contribution is 9.10. The van der Waals surface area contributed by atoms with Gasteiger partial charge in [-0.1, -0.05) is 15.9 Å². The summed E-state index contributed by atoms with van der Waals surface area (Å²) in [5.74, 6) is 0.868. The van der Waals surface area contributed by atoms with Gasteiger partial charge in [-0.2, -0.15) is 0 Å². The van der Waals surface area contributed by atoms with E-state index in [2.05, 4.69) is 21.4 Å². The molecule has 84 valence electrons. The van der Waals surface area contributed by atoms with Crippen molar-refractivity contribution in [1.29, 1.82) is 0 Å². The van der Waals surface area contributed by atoms with Crippen molar-refractivity contribution in [3.8, 4) is 5.75 Å². The molecule has 1 aromatic heterocycles. The number of nitrogens with zero attached hydrogens (tertiary/aromatic N) is 1. The molecule has 0 spiro atoms. The molecule has 0 unspecified atom stereocenters. The largest absolute Gasteiger partial charge is 0.497 e. The second kappa shape index (κ2) is 5.07. The Bertz CT molecular complexity index is 454. The molecule has 0 bridgehead atoms. The Morgan fingerprint density at radius 2 is 2.06 bits per heavy atom. The Hall–Kier alpha value is -1.42. The Balaban J connectivity index is 2.08. The molecule has 0 fully saturated rings. The van der Waals surface area contributed by atoms with Gasteiger partial charge in [-0.25, -0.2) is 0 Å². The fraction of sp³-hybridized carbons (Fsp3) is 0.167. The zero-order valence-corrected chi connectivity index (χ0v) is 10.6. The first-order valence-corrected chi connectivity index (χ1v) is 5.78. The monoisotopic (exact) mass is 280 g/mol. The van der Waals surface area contributed by atoms with E-state index in [0.717, 1.165) is 22.3 Å². The fourth-order valence-corrected chi connectivity index (χ4v) is 1.82. The van der Waals surface area contributed by atoms with Crippen molar-refractivity contribution in [1.82, 2.24) is 4.68 Å². The first-order valence-electron chi connectivity index (χ1n) is 4.99. The predicted octanol–water partition coefficient (Wildman–Crippen LogP) is 3.00. The van der Waals surface area contributed by atoms with Crippen molar-refractivity contribution in [3.63, 3.8) is 0 Å². The van der Waals surface area contributed by atoms with Crippen LogP contribution in [0.25, 0.3) is 0 Å². The maximum Gasteiger partial charge on any atom is 0.119 e. The quantitative estimate of drug-likeness (QED) is 0.932. The molecule has 2 aromatic rings. The summed E-state index contributed by atoms with van der Waals surface area (Å²) < 4.78 is 8.19. The number of benzene rings is 1. The maximum atomic E-state index is 5.19. The van der Waals surface area contributed by atoms with E-state index in [1.54, 1.807) is 7.11 Å². The van der Waals surface area contributed by atoms with Gasteiger partial charge in [0, 0.05) is 16.9 Å². The molecule has 16 heavy (non-hydrogen) atoms. The van der Waals surface area contributed by atoms with Gasteiger partial charge in [0.05, 0.1) is 13.7 Å². The molecule has 2 rings (SSSR count). The van der Waals surface area contributed by atoms with Crippen LogP contribution in [0.2, 0.25) is 0 Å². The number of ether oxygens (including phenoxy) is 1. The van der Waals surface area contributed by atoms with Crippen molar-refractivity contribution >= 4 is 15.9 Å². The lowest BCUT2D eigenvalue weighted by atomic mass is 10.2. The summed E-state index contributed by atoms with van der Waals surface area (Å²) in [6.07, 6.45) is 3.93. The van der Waals surface area contributed by atoms with Crippen molar-refractivity contribution in [2.75, 3.05) is 12.5 Å². The van der Waals surface area contributed by atoms with Gasteiger partial charge in [-0.05, 0) is 35.9 Å². The van der Waals surface area contributed by atoms with Crippen molar-refractivity contribution in [3.05, 3.63) is 52.8 Å². The Morgan fingerprint density at radius 3 is 2.75 bits per heavy atom. The minimum absolute atomic E-state index is 0.743. The Morgan fingerprint density at radius 1 is 1.31 bits per heavy atom. The van der Waals surface area contributed by atoms with Gasteiger partial charge in [-0.15, -0.1) is 0 Å². The Kier molecular flexibility index (Phi) is 3.51. The number of aromatic nitrogens is 1. The van der Waals surface area contributed by atoms with E-state index in [9.17, 15) is 0 Å². The minimum Gasteiger partial charge on any atom is -0.497 e. The minimum atomic E-state index is 0.743. The molecule has 0 amide bonds. The van der Waals surface area contributed by atoms with Crippen LogP contribution < -0.4 is 10.2 Å². The zero-order chi connectivity index (χ0) is 11.4. The number of hydrogen-bond acceptors (Lipinski definition) is 2. The molecule has 3 nitrogen and oxygen atoms in total. The van der Waals surface area contributed by atoms with Gasteiger partial charge >= 0.3 is 0 Å². The Labute approximate surface area is 103 Å². The van der Waals surface area contributed by atoms with Gasteiger partial charge in [0.2, 0.25) is 0 Å². The van der Waals surface area contributed by atoms with Crippen LogP contribution in [0, 0.1) is 0 Å². The number of methoxy groups -OCH3 is 1. The summed E-state index contributed by atoms with van der Waals surface area (Å²) in [6.45, 7) is 0.743. The molecule has 0 aliphatic rings. The maximum absolute atomic E-state index is 5.19. The highest BCUT2D eigenvalue weighted by Crippen LogP contribution is 2.22. The number of nitrogens with one attached hydrogen (secondary N) is 1. The van der Waals surface area contributed by atoms with Crippen molar-refractivity contribution < 1.29 is 4.74 Å². The highest BCUT2D eigenvalue weighted by atomic mass is 79.9. The van der Waals surface area contributed by atoms with Gasteiger partial charge in [0.25, 0.3) is 0 Å².